The van der Waals surface area contributed by atoms with Crippen LogP contribution in [0.5, 0.6) is 0 Å². The molecule has 0 aliphatic heterocycles. The minimum Gasteiger partial charge on any atom is -0.374 e. The molecule has 0 fully saturated rings. The van der Waals surface area contributed by atoms with Gasteiger partial charge in [0.15, 0.2) is 0 Å². The Morgan fingerprint density at radius 2 is 1.42 bits per heavy atom. The van der Waals surface area contributed by atoms with E-state index in [0.29, 0.717) is 0 Å². The first kappa shape index (κ1) is 11.9. The lowest BCUT2D eigenvalue weighted by atomic mass is 10.1. The third-order valence-electron chi connectivity index (χ3n) is 2.07. The van der Waals surface area contributed by atoms with Crippen LogP contribution in [0.15, 0.2) is 0 Å². The van der Waals surface area contributed by atoms with Gasteiger partial charge in [-0.1, -0.05) is 0 Å². The summed E-state index contributed by atoms with van der Waals surface area (Å²) in [6.07, 6.45) is 0. The van der Waals surface area contributed by atoms with Crippen molar-refractivity contribution in [3.63, 3.8) is 0 Å². The molecule has 2 nitrogen and oxygen atoms in total. The molecule has 0 N–H and O–H groups in total. The van der Waals surface area contributed by atoms with Gasteiger partial charge in [-0.25, -0.2) is 0 Å². The summed E-state index contributed by atoms with van der Waals surface area (Å²) in [6.45, 7) is 11.4. The average Bonchev–Trinajstić information content (AvgIpc) is 1.82. The molecule has 0 aliphatic carbocycles. The molecule has 0 aromatic heterocycles. The first-order valence-electron chi connectivity index (χ1n) is 4.46. The zero-order valence-corrected chi connectivity index (χ0v) is 9.56. The predicted octanol–water partition coefficient (Wildman–Crippen LogP) is 2.14. The summed E-state index contributed by atoms with van der Waals surface area (Å²) in [5, 5.41) is 0. The number of nitrogens with zero attached hydrogens (tertiary/aromatic N) is 1. The van der Waals surface area contributed by atoms with E-state index in [1.165, 1.54) is 0 Å². The summed E-state index contributed by atoms with van der Waals surface area (Å²) < 4.78 is 5.71. The maximum Gasteiger partial charge on any atom is 0.0651 e. The molecule has 0 bridgehead atoms. The van der Waals surface area contributed by atoms with E-state index < -0.39 is 0 Å². The molecule has 12 heavy (non-hydrogen) atoms. The topological polar surface area (TPSA) is 12.5 Å². The second kappa shape index (κ2) is 3.75. The zero-order chi connectivity index (χ0) is 9.99. The number of hydrogen-bond donors (Lipinski definition) is 0. The van der Waals surface area contributed by atoms with Crippen LogP contribution < -0.4 is 0 Å². The van der Waals surface area contributed by atoms with E-state index in [1.807, 2.05) is 0 Å². The Balaban J connectivity index is 3.93. The van der Waals surface area contributed by atoms with E-state index >= 15 is 0 Å². The van der Waals surface area contributed by atoms with Gasteiger partial charge in [0, 0.05) is 5.54 Å². The van der Waals surface area contributed by atoms with Crippen LogP contribution in [0.2, 0.25) is 0 Å². The second-order valence-corrected chi connectivity index (χ2v) is 5.11. The summed E-state index contributed by atoms with van der Waals surface area (Å²) >= 11 is 0. The Bertz CT molecular complexity index is 133. The Kier molecular flexibility index (Phi) is 3.73. The van der Waals surface area contributed by atoms with Crippen molar-refractivity contribution in [2.75, 3.05) is 20.7 Å². The fourth-order valence-electron chi connectivity index (χ4n) is 0.522. The molecule has 0 radical (unpaired) electrons. The van der Waals surface area contributed by atoms with Gasteiger partial charge >= 0.3 is 0 Å². The fourth-order valence-corrected chi connectivity index (χ4v) is 0.522. The minimum atomic E-state index is -0.0344. The molecule has 0 unspecified atom stereocenters. The van der Waals surface area contributed by atoms with E-state index in [1.54, 1.807) is 0 Å². The Labute approximate surface area is 76.9 Å². The molecule has 0 heterocycles. The van der Waals surface area contributed by atoms with Crippen LogP contribution in [0.3, 0.4) is 0 Å². The van der Waals surface area contributed by atoms with Gasteiger partial charge in [-0.3, -0.25) is 0 Å². The molecule has 0 amide bonds. The lowest BCUT2D eigenvalue weighted by Gasteiger charge is -2.35. The van der Waals surface area contributed by atoms with Gasteiger partial charge in [0.1, 0.15) is 0 Å². The monoisotopic (exact) mass is 173 g/mol. The quantitative estimate of drug-likeness (QED) is 0.648. The van der Waals surface area contributed by atoms with Crippen molar-refractivity contribution in [1.29, 1.82) is 0 Å². The average molecular weight is 173 g/mol. The highest BCUT2D eigenvalue weighted by Crippen LogP contribution is 2.15. The Hall–Kier alpha value is -0.0800. The summed E-state index contributed by atoms with van der Waals surface area (Å²) in [4.78, 5) is 2.18. The van der Waals surface area contributed by atoms with Crippen molar-refractivity contribution in [1.82, 2.24) is 4.90 Å². The van der Waals surface area contributed by atoms with Crippen molar-refractivity contribution < 1.29 is 4.74 Å². The molecule has 0 aromatic carbocycles. The molecule has 0 atom stereocenters. The molecule has 2 heteroatoms. The summed E-state index contributed by atoms with van der Waals surface area (Å²) in [6, 6.07) is 0. The predicted molar refractivity (Wildman–Crippen MR) is 53.5 cm³/mol. The van der Waals surface area contributed by atoms with Gasteiger partial charge in [0.2, 0.25) is 0 Å². The minimum absolute atomic E-state index is 0.0344. The van der Waals surface area contributed by atoms with Gasteiger partial charge in [0.05, 0.1) is 12.2 Å². The summed E-state index contributed by atoms with van der Waals surface area (Å²) in [7, 11) is 4.15. The lowest BCUT2D eigenvalue weighted by molar-refractivity contribution is -0.0513. The second-order valence-electron chi connectivity index (χ2n) is 5.11. The van der Waals surface area contributed by atoms with Crippen LogP contribution in [-0.4, -0.2) is 36.7 Å². The number of hydrogen-bond acceptors (Lipinski definition) is 2. The molecular formula is C10H23NO. The first-order valence-corrected chi connectivity index (χ1v) is 4.46. The van der Waals surface area contributed by atoms with E-state index in [4.69, 9.17) is 4.74 Å². The van der Waals surface area contributed by atoms with Crippen LogP contribution in [-0.2, 0) is 4.74 Å². The third-order valence-corrected chi connectivity index (χ3v) is 2.07. The summed E-state index contributed by atoms with van der Waals surface area (Å²) in [5.41, 5.74) is 0.0839. The highest BCUT2D eigenvalue weighted by atomic mass is 16.5. The number of rotatable bonds is 3. The van der Waals surface area contributed by atoms with Crippen molar-refractivity contribution in [3.8, 4) is 0 Å². The Morgan fingerprint density at radius 1 is 1.00 bits per heavy atom. The van der Waals surface area contributed by atoms with Crippen molar-refractivity contribution in [3.05, 3.63) is 0 Å². The SMILES string of the molecule is CN(C)C(C)(C)COC(C)(C)C. The zero-order valence-electron chi connectivity index (χ0n) is 9.56. The number of ether oxygens (including phenoxy) is 1. The van der Waals surface area contributed by atoms with Crippen molar-refractivity contribution in [2.24, 2.45) is 0 Å². The summed E-state index contributed by atoms with van der Waals surface area (Å²) in [5.74, 6) is 0. The fraction of sp³-hybridized carbons (Fsp3) is 1.00. The third kappa shape index (κ3) is 4.73. The first-order chi connectivity index (χ1) is 5.15. The van der Waals surface area contributed by atoms with Gasteiger partial charge < -0.3 is 9.64 Å². The Morgan fingerprint density at radius 3 is 1.67 bits per heavy atom. The highest BCUT2D eigenvalue weighted by molar-refractivity contribution is 4.77. The molecule has 0 saturated carbocycles. The van der Waals surface area contributed by atoms with E-state index in [-0.39, 0.29) is 11.1 Å². The standard InChI is InChI=1S/C10H23NO/c1-9(2,3)12-8-10(4,5)11(6)7/h8H2,1-7H3. The van der Waals surface area contributed by atoms with Crippen molar-refractivity contribution >= 4 is 0 Å². The van der Waals surface area contributed by atoms with Crippen LogP contribution in [0.25, 0.3) is 0 Å². The van der Waals surface area contributed by atoms with Gasteiger partial charge in [0.25, 0.3) is 0 Å². The largest absolute Gasteiger partial charge is 0.374 e. The van der Waals surface area contributed by atoms with E-state index in [0.717, 1.165) is 6.61 Å². The molecule has 74 valence electrons. The molecule has 0 rings (SSSR count). The maximum atomic E-state index is 5.71. The lowest BCUT2D eigenvalue weighted by Crippen LogP contribution is -2.44. The molecule has 0 saturated heterocycles. The van der Waals surface area contributed by atoms with Crippen molar-refractivity contribution in [2.45, 2.75) is 45.8 Å². The van der Waals surface area contributed by atoms with Gasteiger partial charge in [-0.15, -0.1) is 0 Å². The van der Waals surface area contributed by atoms with Gasteiger partial charge in [-0.2, -0.15) is 0 Å². The maximum absolute atomic E-state index is 5.71. The van der Waals surface area contributed by atoms with E-state index in [2.05, 4.69) is 53.6 Å². The number of likely N-dealkylation sites (N-methyl/N-ethyl adjacent to an activating group) is 1. The molecule has 0 spiro atoms. The van der Waals surface area contributed by atoms with Gasteiger partial charge in [-0.05, 0) is 48.7 Å². The smallest absolute Gasteiger partial charge is 0.0651 e. The van der Waals surface area contributed by atoms with E-state index in [9.17, 15) is 0 Å². The highest BCUT2D eigenvalue weighted by Gasteiger charge is 2.23. The molecular weight excluding hydrogens is 150 g/mol. The molecule has 0 aromatic rings. The molecule has 0 aliphatic rings. The van der Waals surface area contributed by atoms with Crippen LogP contribution in [0, 0.1) is 0 Å². The normalized spacial score (nSPS) is 14.0. The van der Waals surface area contributed by atoms with Crippen LogP contribution >= 0.6 is 0 Å². The van der Waals surface area contributed by atoms with Crippen LogP contribution in [0.1, 0.15) is 34.6 Å². The van der Waals surface area contributed by atoms with Crippen LogP contribution in [0.4, 0.5) is 0 Å².